The molecule has 2 atom stereocenters. The smallest absolute Gasteiger partial charge is 0.131 e. The van der Waals surface area contributed by atoms with Gasteiger partial charge < -0.3 is 10.1 Å². The largest absolute Gasteiger partial charge is 0.457 e. The molecule has 0 fully saturated rings. The van der Waals surface area contributed by atoms with Gasteiger partial charge in [0.15, 0.2) is 0 Å². The van der Waals surface area contributed by atoms with Crippen molar-refractivity contribution in [2.45, 2.75) is 11.8 Å². The number of benzene rings is 2. The first kappa shape index (κ1) is 14.9. The van der Waals surface area contributed by atoms with E-state index < -0.39 is 0 Å². The van der Waals surface area contributed by atoms with E-state index >= 15 is 0 Å². The van der Waals surface area contributed by atoms with E-state index in [0.29, 0.717) is 11.8 Å². The molecular formula is C17H17BrClNO. The average molecular weight is 367 g/mol. The van der Waals surface area contributed by atoms with Gasteiger partial charge >= 0.3 is 0 Å². The summed E-state index contributed by atoms with van der Waals surface area (Å²) in [4.78, 5) is 0. The maximum absolute atomic E-state index is 6.20. The number of ether oxygens (including phenoxy) is 1. The molecule has 0 unspecified atom stereocenters. The van der Waals surface area contributed by atoms with Crippen LogP contribution in [0.4, 0.5) is 0 Å². The van der Waals surface area contributed by atoms with Crippen LogP contribution < -0.4 is 10.1 Å². The first-order valence-electron chi connectivity index (χ1n) is 7.01. The van der Waals surface area contributed by atoms with Crippen LogP contribution in [-0.4, -0.2) is 18.9 Å². The number of alkyl halides is 1. The highest BCUT2D eigenvalue weighted by Crippen LogP contribution is 2.47. The molecule has 0 amide bonds. The van der Waals surface area contributed by atoms with Crippen molar-refractivity contribution in [3.05, 3.63) is 58.6 Å². The number of para-hydroxylation sites is 1. The summed E-state index contributed by atoms with van der Waals surface area (Å²) < 4.78 is 6.16. The fourth-order valence-corrected chi connectivity index (χ4v) is 3.98. The van der Waals surface area contributed by atoms with Gasteiger partial charge in [0, 0.05) is 34.3 Å². The Hall–Kier alpha value is -1.03. The average Bonchev–Trinajstić information content (AvgIpc) is 2.62. The minimum absolute atomic E-state index is 0.315. The summed E-state index contributed by atoms with van der Waals surface area (Å²) >= 11 is 9.88. The topological polar surface area (TPSA) is 21.3 Å². The zero-order chi connectivity index (χ0) is 14.8. The van der Waals surface area contributed by atoms with Gasteiger partial charge in [0.25, 0.3) is 0 Å². The lowest BCUT2D eigenvalue weighted by Gasteiger charge is -2.25. The molecule has 2 nitrogen and oxygen atoms in total. The molecule has 1 aliphatic heterocycles. The summed E-state index contributed by atoms with van der Waals surface area (Å²) in [6, 6.07) is 14.1. The lowest BCUT2D eigenvalue weighted by atomic mass is 9.82. The fourth-order valence-electron chi connectivity index (χ4n) is 3.00. The molecule has 0 spiro atoms. The van der Waals surface area contributed by atoms with Gasteiger partial charge in [-0.15, -0.1) is 0 Å². The Morgan fingerprint density at radius 3 is 2.62 bits per heavy atom. The molecule has 1 aliphatic rings. The molecule has 3 rings (SSSR count). The van der Waals surface area contributed by atoms with Gasteiger partial charge in [0.05, 0.1) is 0 Å². The molecule has 0 aromatic heterocycles. The Kier molecular flexibility index (Phi) is 4.53. The number of rotatable bonds is 3. The molecule has 0 aliphatic carbocycles. The normalized spacial score (nSPS) is 20.1. The Morgan fingerprint density at radius 1 is 1.10 bits per heavy atom. The molecule has 2 aromatic rings. The SMILES string of the molecule is CNC[C@H]1c2ccccc2Oc2ccc(Cl)cc2[C@@H]1CBr. The lowest BCUT2D eigenvalue weighted by Crippen LogP contribution is -2.23. The highest BCUT2D eigenvalue weighted by Gasteiger charge is 2.31. The third kappa shape index (κ3) is 2.83. The summed E-state index contributed by atoms with van der Waals surface area (Å²) in [7, 11) is 1.98. The van der Waals surface area contributed by atoms with Crippen LogP contribution in [0.15, 0.2) is 42.5 Å². The van der Waals surface area contributed by atoms with Crippen LogP contribution in [-0.2, 0) is 0 Å². The van der Waals surface area contributed by atoms with E-state index in [9.17, 15) is 0 Å². The molecule has 0 bridgehead atoms. The number of likely N-dealkylation sites (N-methyl/N-ethyl adjacent to an activating group) is 1. The second kappa shape index (κ2) is 6.39. The van der Waals surface area contributed by atoms with E-state index in [2.05, 4.69) is 33.4 Å². The van der Waals surface area contributed by atoms with Gasteiger partial charge in [-0.2, -0.15) is 0 Å². The summed E-state index contributed by atoms with van der Waals surface area (Å²) in [5, 5.41) is 4.92. The summed E-state index contributed by atoms with van der Waals surface area (Å²) in [5.74, 6) is 2.49. The minimum atomic E-state index is 0.315. The summed E-state index contributed by atoms with van der Waals surface area (Å²) in [6.45, 7) is 0.891. The van der Waals surface area contributed by atoms with E-state index in [0.717, 1.165) is 34.0 Å². The number of fused-ring (bicyclic) bond motifs is 2. The monoisotopic (exact) mass is 365 g/mol. The van der Waals surface area contributed by atoms with Crippen molar-refractivity contribution in [2.24, 2.45) is 0 Å². The quantitative estimate of drug-likeness (QED) is 0.778. The molecule has 0 saturated carbocycles. The predicted molar refractivity (Wildman–Crippen MR) is 91.2 cm³/mol. The van der Waals surface area contributed by atoms with Crippen molar-refractivity contribution in [1.82, 2.24) is 5.32 Å². The third-order valence-corrected chi connectivity index (χ3v) is 4.92. The van der Waals surface area contributed by atoms with Crippen LogP contribution in [0.5, 0.6) is 11.5 Å². The van der Waals surface area contributed by atoms with Crippen molar-refractivity contribution < 1.29 is 4.74 Å². The first-order chi connectivity index (χ1) is 10.2. The second-order valence-electron chi connectivity index (χ2n) is 5.25. The van der Waals surface area contributed by atoms with Crippen molar-refractivity contribution in [3.63, 3.8) is 0 Å². The van der Waals surface area contributed by atoms with E-state index in [1.165, 1.54) is 5.56 Å². The Labute approximate surface area is 138 Å². The molecule has 21 heavy (non-hydrogen) atoms. The molecule has 0 saturated heterocycles. The number of hydrogen-bond donors (Lipinski definition) is 1. The highest BCUT2D eigenvalue weighted by atomic mass is 79.9. The highest BCUT2D eigenvalue weighted by molar-refractivity contribution is 9.09. The van der Waals surface area contributed by atoms with Gasteiger partial charge in [0.1, 0.15) is 11.5 Å². The molecule has 1 heterocycles. The minimum Gasteiger partial charge on any atom is -0.457 e. The van der Waals surface area contributed by atoms with Crippen LogP contribution in [0.2, 0.25) is 5.02 Å². The van der Waals surface area contributed by atoms with Crippen molar-refractivity contribution >= 4 is 27.5 Å². The zero-order valence-electron chi connectivity index (χ0n) is 11.8. The van der Waals surface area contributed by atoms with Crippen LogP contribution in [0.3, 0.4) is 0 Å². The van der Waals surface area contributed by atoms with Crippen molar-refractivity contribution in [3.8, 4) is 11.5 Å². The maximum Gasteiger partial charge on any atom is 0.131 e. The van der Waals surface area contributed by atoms with Gasteiger partial charge in [-0.25, -0.2) is 0 Å². The maximum atomic E-state index is 6.20. The predicted octanol–water partition coefficient (Wildman–Crippen LogP) is 4.93. The van der Waals surface area contributed by atoms with Gasteiger partial charge in [-0.1, -0.05) is 45.7 Å². The first-order valence-corrected chi connectivity index (χ1v) is 8.51. The van der Waals surface area contributed by atoms with Crippen LogP contribution in [0, 0.1) is 0 Å². The number of nitrogens with one attached hydrogen (secondary N) is 1. The Morgan fingerprint density at radius 2 is 1.86 bits per heavy atom. The third-order valence-electron chi connectivity index (χ3n) is 3.99. The molecule has 110 valence electrons. The molecule has 1 N–H and O–H groups in total. The molecule has 0 radical (unpaired) electrons. The summed E-state index contributed by atoms with van der Waals surface area (Å²) in [5.41, 5.74) is 2.40. The van der Waals surface area contributed by atoms with Crippen LogP contribution in [0.1, 0.15) is 23.0 Å². The summed E-state index contributed by atoms with van der Waals surface area (Å²) in [6.07, 6.45) is 0. The van der Waals surface area contributed by atoms with Crippen LogP contribution >= 0.6 is 27.5 Å². The van der Waals surface area contributed by atoms with Crippen LogP contribution in [0.25, 0.3) is 0 Å². The standard InChI is InChI=1S/C17H17BrClNO/c1-20-10-15-12-4-2-3-5-16(12)21-17-7-6-11(19)8-13(17)14(15)9-18/h2-8,14-15,20H,9-10H2,1H3/t14-,15-/m0/s1. The number of hydrogen-bond acceptors (Lipinski definition) is 2. The van der Waals surface area contributed by atoms with E-state index in [-0.39, 0.29) is 0 Å². The second-order valence-corrected chi connectivity index (χ2v) is 6.33. The Balaban J connectivity index is 2.19. The fraction of sp³-hybridized carbons (Fsp3) is 0.294. The molecule has 2 aromatic carbocycles. The van der Waals surface area contributed by atoms with E-state index in [1.54, 1.807) is 0 Å². The number of halogens is 2. The molecular weight excluding hydrogens is 350 g/mol. The molecule has 4 heteroatoms. The van der Waals surface area contributed by atoms with Gasteiger partial charge in [0.2, 0.25) is 0 Å². The zero-order valence-corrected chi connectivity index (χ0v) is 14.1. The van der Waals surface area contributed by atoms with E-state index in [4.69, 9.17) is 16.3 Å². The lowest BCUT2D eigenvalue weighted by molar-refractivity contribution is 0.477. The van der Waals surface area contributed by atoms with E-state index in [1.807, 2.05) is 37.4 Å². The van der Waals surface area contributed by atoms with Crippen molar-refractivity contribution in [1.29, 1.82) is 0 Å². The Bertz CT molecular complexity index is 646. The van der Waals surface area contributed by atoms with Gasteiger partial charge in [-0.05, 0) is 36.9 Å². The van der Waals surface area contributed by atoms with Crippen molar-refractivity contribution in [2.75, 3.05) is 18.9 Å². The van der Waals surface area contributed by atoms with Gasteiger partial charge in [-0.3, -0.25) is 0 Å².